The molecule has 0 aromatic rings. The third-order valence-corrected chi connectivity index (χ3v) is 4.50. The minimum Gasteiger partial charge on any atom is -0.359 e. The van der Waals surface area contributed by atoms with Crippen LogP contribution in [0.25, 0.3) is 0 Å². The molecule has 0 radical (unpaired) electrons. The van der Waals surface area contributed by atoms with Crippen molar-refractivity contribution in [1.29, 1.82) is 0 Å². The van der Waals surface area contributed by atoms with Crippen molar-refractivity contribution < 1.29 is 4.74 Å². The minimum absolute atomic E-state index is 0.0899. The first-order chi connectivity index (χ1) is 8.24. The summed E-state index contributed by atoms with van der Waals surface area (Å²) in [4.78, 5) is 0. The molecule has 1 rings (SSSR count). The van der Waals surface area contributed by atoms with Crippen LogP contribution in [0.4, 0.5) is 0 Å². The van der Waals surface area contributed by atoms with Crippen molar-refractivity contribution in [2.45, 2.75) is 89.7 Å². The van der Waals surface area contributed by atoms with Crippen molar-refractivity contribution in [2.75, 3.05) is 0 Å². The number of hydrogen-bond acceptors (Lipinski definition) is 1. The van der Waals surface area contributed by atoms with E-state index < -0.39 is 0 Å². The van der Waals surface area contributed by atoms with Gasteiger partial charge in [0.15, 0.2) is 0 Å². The number of ether oxygens (including phenoxy) is 1. The summed E-state index contributed by atoms with van der Waals surface area (Å²) in [6.45, 7) is 4.36. The molecule has 0 aromatic heterocycles. The second kappa shape index (κ2) is 9.22. The lowest BCUT2D eigenvalue weighted by Crippen LogP contribution is -2.23. The summed E-state index contributed by atoms with van der Waals surface area (Å²) >= 11 is 6.31. The SMILES string of the molecule is CCC(C)C(Cl)OC1CCCCCCCCC1. The summed E-state index contributed by atoms with van der Waals surface area (Å²) in [5.41, 5.74) is -0.0899. The number of halogens is 1. The Kier molecular flexibility index (Phi) is 8.30. The van der Waals surface area contributed by atoms with Crippen molar-refractivity contribution in [1.82, 2.24) is 0 Å². The molecule has 0 amide bonds. The van der Waals surface area contributed by atoms with Crippen molar-refractivity contribution in [2.24, 2.45) is 5.92 Å². The van der Waals surface area contributed by atoms with E-state index in [2.05, 4.69) is 13.8 Å². The first-order valence-corrected chi connectivity index (χ1v) is 7.97. The summed E-state index contributed by atoms with van der Waals surface area (Å²) in [7, 11) is 0. The van der Waals surface area contributed by atoms with Crippen LogP contribution in [-0.4, -0.2) is 11.7 Å². The number of alkyl halides is 1. The summed E-state index contributed by atoms with van der Waals surface area (Å²) in [6.07, 6.45) is 13.5. The smallest absolute Gasteiger partial charge is 0.134 e. The van der Waals surface area contributed by atoms with E-state index in [1.165, 1.54) is 57.8 Å². The summed E-state index contributed by atoms with van der Waals surface area (Å²) in [5.74, 6) is 0.465. The van der Waals surface area contributed by atoms with Gasteiger partial charge in [0.1, 0.15) is 5.56 Å². The van der Waals surface area contributed by atoms with Crippen LogP contribution in [0.3, 0.4) is 0 Å². The van der Waals surface area contributed by atoms with E-state index in [0.717, 1.165) is 6.42 Å². The van der Waals surface area contributed by atoms with E-state index in [1.54, 1.807) is 0 Å². The second-order valence-corrected chi connectivity index (χ2v) is 5.98. The molecule has 1 fully saturated rings. The molecule has 102 valence electrons. The standard InChI is InChI=1S/C15H29ClO/c1-3-13(2)15(16)17-14-11-9-7-5-4-6-8-10-12-14/h13-15H,3-12H2,1-2H3. The third-order valence-electron chi connectivity index (χ3n) is 3.97. The number of rotatable bonds is 4. The van der Waals surface area contributed by atoms with Crippen molar-refractivity contribution in [3.63, 3.8) is 0 Å². The van der Waals surface area contributed by atoms with Crippen LogP contribution in [0.2, 0.25) is 0 Å². The van der Waals surface area contributed by atoms with Gasteiger partial charge in [0.2, 0.25) is 0 Å². The molecule has 0 saturated heterocycles. The Morgan fingerprint density at radius 3 is 1.94 bits per heavy atom. The zero-order valence-corrected chi connectivity index (χ0v) is 12.3. The van der Waals surface area contributed by atoms with Gasteiger partial charge in [0.25, 0.3) is 0 Å². The Hall–Kier alpha value is 0.250. The fraction of sp³-hybridized carbons (Fsp3) is 1.00. The van der Waals surface area contributed by atoms with Gasteiger partial charge in [0.05, 0.1) is 6.10 Å². The molecule has 1 aliphatic rings. The minimum atomic E-state index is -0.0899. The highest BCUT2D eigenvalue weighted by atomic mass is 35.5. The van der Waals surface area contributed by atoms with E-state index in [1.807, 2.05) is 0 Å². The van der Waals surface area contributed by atoms with Crippen LogP contribution in [-0.2, 0) is 4.74 Å². The lowest BCUT2D eigenvalue weighted by molar-refractivity contribution is -0.00619. The first-order valence-electron chi connectivity index (χ1n) is 7.53. The highest BCUT2D eigenvalue weighted by molar-refractivity contribution is 6.19. The van der Waals surface area contributed by atoms with Crippen LogP contribution in [0, 0.1) is 5.92 Å². The zero-order valence-electron chi connectivity index (χ0n) is 11.6. The van der Waals surface area contributed by atoms with Gasteiger partial charge in [-0.15, -0.1) is 0 Å². The fourth-order valence-electron chi connectivity index (χ4n) is 2.41. The molecule has 0 N–H and O–H groups in total. The molecule has 0 aromatic carbocycles. The lowest BCUT2D eigenvalue weighted by Gasteiger charge is -2.25. The molecule has 2 atom stereocenters. The van der Waals surface area contributed by atoms with E-state index in [4.69, 9.17) is 16.3 Å². The summed E-state index contributed by atoms with van der Waals surface area (Å²) in [5, 5.41) is 0. The maximum absolute atomic E-state index is 6.31. The van der Waals surface area contributed by atoms with Gasteiger partial charge < -0.3 is 4.74 Å². The summed E-state index contributed by atoms with van der Waals surface area (Å²) in [6, 6.07) is 0. The van der Waals surface area contributed by atoms with Gasteiger partial charge in [-0.3, -0.25) is 0 Å². The molecule has 0 spiro atoms. The van der Waals surface area contributed by atoms with E-state index in [9.17, 15) is 0 Å². The second-order valence-electron chi connectivity index (χ2n) is 5.55. The topological polar surface area (TPSA) is 9.23 Å². The third kappa shape index (κ3) is 6.67. The number of hydrogen-bond donors (Lipinski definition) is 0. The van der Waals surface area contributed by atoms with Crippen molar-refractivity contribution in [3.8, 4) is 0 Å². The van der Waals surface area contributed by atoms with Crippen LogP contribution in [0.5, 0.6) is 0 Å². The quantitative estimate of drug-likeness (QED) is 0.606. The zero-order chi connectivity index (χ0) is 12.5. The normalized spacial score (nSPS) is 24.2. The molecule has 0 bridgehead atoms. The molecule has 1 aliphatic carbocycles. The molecule has 0 aliphatic heterocycles. The first kappa shape index (κ1) is 15.3. The predicted octanol–water partition coefficient (Wildman–Crippen LogP) is 5.51. The molecule has 1 nitrogen and oxygen atoms in total. The van der Waals surface area contributed by atoms with Gasteiger partial charge >= 0.3 is 0 Å². The maximum atomic E-state index is 6.31. The largest absolute Gasteiger partial charge is 0.359 e. The molecule has 1 saturated carbocycles. The predicted molar refractivity (Wildman–Crippen MR) is 75.5 cm³/mol. The Morgan fingerprint density at radius 2 is 1.47 bits per heavy atom. The van der Waals surface area contributed by atoms with Gasteiger partial charge in [-0.25, -0.2) is 0 Å². The fourth-order valence-corrected chi connectivity index (χ4v) is 2.74. The van der Waals surface area contributed by atoms with Gasteiger partial charge in [0, 0.05) is 0 Å². The van der Waals surface area contributed by atoms with E-state index in [0.29, 0.717) is 12.0 Å². The van der Waals surface area contributed by atoms with Crippen molar-refractivity contribution >= 4 is 11.6 Å². The van der Waals surface area contributed by atoms with Gasteiger partial charge in [-0.1, -0.05) is 70.4 Å². The maximum Gasteiger partial charge on any atom is 0.134 e. The van der Waals surface area contributed by atoms with Gasteiger partial charge in [-0.2, -0.15) is 0 Å². The Bertz CT molecular complexity index is 174. The van der Waals surface area contributed by atoms with Crippen molar-refractivity contribution in [3.05, 3.63) is 0 Å². The highest BCUT2D eigenvalue weighted by Gasteiger charge is 2.19. The van der Waals surface area contributed by atoms with Crippen LogP contribution in [0.1, 0.15) is 78.1 Å². The van der Waals surface area contributed by atoms with E-state index >= 15 is 0 Å². The van der Waals surface area contributed by atoms with E-state index in [-0.39, 0.29) is 5.56 Å². The Labute approximate surface area is 112 Å². The van der Waals surface area contributed by atoms with Crippen LogP contribution < -0.4 is 0 Å². The molecule has 2 unspecified atom stereocenters. The Morgan fingerprint density at radius 1 is 1.00 bits per heavy atom. The molecule has 2 heteroatoms. The van der Waals surface area contributed by atoms with Gasteiger partial charge in [-0.05, 0) is 25.2 Å². The molecule has 0 heterocycles. The molecule has 17 heavy (non-hydrogen) atoms. The monoisotopic (exact) mass is 260 g/mol. The lowest BCUT2D eigenvalue weighted by atomic mass is 9.99. The Balaban J connectivity index is 2.31. The average molecular weight is 261 g/mol. The molecular weight excluding hydrogens is 232 g/mol. The van der Waals surface area contributed by atoms with Crippen LogP contribution >= 0.6 is 11.6 Å². The van der Waals surface area contributed by atoms with Crippen LogP contribution in [0.15, 0.2) is 0 Å². The average Bonchev–Trinajstić information content (AvgIpc) is 2.36. The highest BCUT2D eigenvalue weighted by Crippen LogP contribution is 2.24. The molecular formula is C15H29ClO. The summed E-state index contributed by atoms with van der Waals surface area (Å²) < 4.78 is 6.04.